The van der Waals surface area contributed by atoms with Crippen LogP contribution in [0.1, 0.15) is 17.3 Å². The molecule has 0 atom stereocenters. The van der Waals surface area contributed by atoms with Gasteiger partial charge in [-0.15, -0.1) is 0 Å². The van der Waals surface area contributed by atoms with Crippen LogP contribution in [0, 0.1) is 0 Å². The highest BCUT2D eigenvalue weighted by Crippen LogP contribution is 2.11. The molecule has 2 aromatic heterocycles. The zero-order valence-corrected chi connectivity index (χ0v) is 11.5. The molecule has 106 valence electrons. The van der Waals surface area contributed by atoms with E-state index < -0.39 is 5.91 Å². The summed E-state index contributed by atoms with van der Waals surface area (Å²) in [4.78, 5) is 25.6. The van der Waals surface area contributed by atoms with Gasteiger partial charge in [0.1, 0.15) is 0 Å². The molecule has 0 radical (unpaired) electrons. The number of aromatic nitrogens is 5. The number of carbonyl (C=O) groups is 1. The van der Waals surface area contributed by atoms with E-state index in [-0.39, 0.29) is 0 Å². The molecule has 1 amide bonds. The van der Waals surface area contributed by atoms with Crippen molar-refractivity contribution < 1.29 is 4.79 Å². The monoisotopic (exact) mass is 276 g/mol. The molecule has 2 aromatic rings. The van der Waals surface area contributed by atoms with Crippen molar-refractivity contribution in [1.29, 1.82) is 0 Å². The van der Waals surface area contributed by atoms with E-state index in [1.54, 1.807) is 4.90 Å². The Hall–Kier alpha value is -2.71. The minimum atomic E-state index is -0.551. The van der Waals surface area contributed by atoms with Gasteiger partial charge in [0.25, 0.3) is 11.9 Å². The van der Waals surface area contributed by atoms with E-state index in [0.29, 0.717) is 30.0 Å². The van der Waals surface area contributed by atoms with Gasteiger partial charge in [0, 0.05) is 26.8 Å². The summed E-state index contributed by atoms with van der Waals surface area (Å²) in [6.45, 7) is 2.62. The number of hydrogen-bond donors (Lipinski definition) is 2. The molecule has 0 unspecified atom stereocenters. The molecule has 0 saturated carbocycles. The molecule has 9 heteroatoms. The lowest BCUT2D eigenvalue weighted by atomic mass is 10.4. The number of nitrogens with one attached hydrogen (secondary N) is 1. The molecule has 2 rings (SSSR count). The summed E-state index contributed by atoms with van der Waals surface area (Å²) >= 11 is 0. The van der Waals surface area contributed by atoms with Crippen molar-refractivity contribution in [3.05, 3.63) is 18.0 Å². The van der Waals surface area contributed by atoms with Gasteiger partial charge in [-0.3, -0.25) is 4.79 Å². The molecule has 0 aliphatic carbocycles. The van der Waals surface area contributed by atoms with Gasteiger partial charge in [-0.1, -0.05) is 0 Å². The molecule has 0 fully saturated rings. The number of amides is 1. The van der Waals surface area contributed by atoms with Gasteiger partial charge >= 0.3 is 0 Å². The van der Waals surface area contributed by atoms with E-state index in [0.717, 1.165) is 0 Å². The van der Waals surface area contributed by atoms with E-state index in [9.17, 15) is 4.79 Å². The van der Waals surface area contributed by atoms with Gasteiger partial charge in [0.05, 0.1) is 11.8 Å². The van der Waals surface area contributed by atoms with Gasteiger partial charge < -0.3 is 16.0 Å². The highest BCUT2D eigenvalue weighted by atomic mass is 16.1. The Morgan fingerprint density at radius 2 is 2.15 bits per heavy atom. The quantitative estimate of drug-likeness (QED) is 0.767. The van der Waals surface area contributed by atoms with E-state index in [1.165, 1.54) is 17.1 Å². The zero-order chi connectivity index (χ0) is 14.7. The Labute approximate surface area is 115 Å². The normalized spacial score (nSPS) is 10.3. The fraction of sp³-hybridized carbons (Fsp3) is 0.364. The number of anilines is 2. The van der Waals surface area contributed by atoms with E-state index in [2.05, 4.69) is 25.4 Å². The van der Waals surface area contributed by atoms with Crippen molar-refractivity contribution in [3.63, 3.8) is 0 Å². The van der Waals surface area contributed by atoms with E-state index >= 15 is 0 Å². The molecule has 0 aliphatic rings. The Morgan fingerprint density at radius 3 is 2.70 bits per heavy atom. The zero-order valence-electron chi connectivity index (χ0n) is 11.5. The number of hydrogen-bond acceptors (Lipinski definition) is 7. The van der Waals surface area contributed by atoms with Crippen LogP contribution in [0.3, 0.4) is 0 Å². The lowest BCUT2D eigenvalue weighted by molar-refractivity contribution is 0.100. The van der Waals surface area contributed by atoms with Gasteiger partial charge in [-0.05, 0) is 6.92 Å². The minimum Gasteiger partial charge on any atom is -0.366 e. The molecular weight excluding hydrogens is 260 g/mol. The van der Waals surface area contributed by atoms with Crippen molar-refractivity contribution in [2.24, 2.45) is 5.73 Å². The lowest BCUT2D eigenvalue weighted by Crippen LogP contribution is -2.17. The summed E-state index contributed by atoms with van der Waals surface area (Å²) in [7, 11) is 3.65. The van der Waals surface area contributed by atoms with Crippen molar-refractivity contribution >= 4 is 17.8 Å². The lowest BCUT2D eigenvalue weighted by Gasteiger charge is -2.12. The highest BCUT2D eigenvalue weighted by Gasteiger charge is 2.12. The van der Waals surface area contributed by atoms with Crippen molar-refractivity contribution in [2.45, 2.75) is 6.92 Å². The Bertz CT molecular complexity index is 621. The first kappa shape index (κ1) is 13.7. The third-order valence-electron chi connectivity index (χ3n) is 2.42. The third kappa shape index (κ3) is 2.82. The first-order chi connectivity index (χ1) is 9.51. The second kappa shape index (κ2) is 5.51. The van der Waals surface area contributed by atoms with Gasteiger partial charge in [-0.25, -0.2) is 4.68 Å². The predicted molar refractivity (Wildman–Crippen MR) is 74.0 cm³/mol. The standard InChI is InChI=1S/C11H16N8O/c1-4-13-9-15-10(18(2)3)17-11(16-9)19-6-7(5-14-19)8(12)20/h5-6H,4H2,1-3H3,(H2,12,20)(H,13,15,16,17). The largest absolute Gasteiger partial charge is 0.366 e. The molecule has 3 N–H and O–H groups in total. The van der Waals surface area contributed by atoms with Crippen LogP contribution >= 0.6 is 0 Å². The summed E-state index contributed by atoms with van der Waals surface area (Å²) in [6.07, 6.45) is 2.85. The first-order valence-electron chi connectivity index (χ1n) is 6.03. The summed E-state index contributed by atoms with van der Waals surface area (Å²) in [5.74, 6) is 0.691. The molecule has 20 heavy (non-hydrogen) atoms. The second-order valence-corrected chi connectivity index (χ2v) is 4.22. The fourth-order valence-corrected chi connectivity index (χ4v) is 1.45. The van der Waals surface area contributed by atoms with Crippen LogP contribution in [-0.4, -0.2) is 51.3 Å². The van der Waals surface area contributed by atoms with Crippen LogP contribution in [0.25, 0.3) is 5.95 Å². The van der Waals surface area contributed by atoms with Gasteiger partial charge in [0.2, 0.25) is 11.9 Å². The summed E-state index contributed by atoms with van der Waals surface area (Å²) in [5, 5.41) is 7.05. The van der Waals surface area contributed by atoms with Crippen molar-refractivity contribution in [3.8, 4) is 5.95 Å². The van der Waals surface area contributed by atoms with Gasteiger partial charge in [-0.2, -0.15) is 20.1 Å². The van der Waals surface area contributed by atoms with Crippen LogP contribution in [0.15, 0.2) is 12.4 Å². The van der Waals surface area contributed by atoms with Gasteiger partial charge in [0.15, 0.2) is 0 Å². The summed E-state index contributed by atoms with van der Waals surface area (Å²) in [6, 6.07) is 0. The molecule has 9 nitrogen and oxygen atoms in total. The molecule has 0 bridgehead atoms. The molecule has 0 aromatic carbocycles. The summed E-state index contributed by atoms with van der Waals surface area (Å²) in [5.41, 5.74) is 5.49. The highest BCUT2D eigenvalue weighted by molar-refractivity contribution is 5.92. The number of nitrogens with zero attached hydrogens (tertiary/aromatic N) is 6. The maximum atomic E-state index is 11.1. The van der Waals surface area contributed by atoms with Crippen LogP contribution in [0.2, 0.25) is 0 Å². The average Bonchev–Trinajstić information content (AvgIpc) is 2.88. The minimum absolute atomic E-state index is 0.293. The molecule has 2 heterocycles. The molecule has 0 spiro atoms. The number of carbonyl (C=O) groups excluding carboxylic acids is 1. The van der Waals surface area contributed by atoms with E-state index in [1.807, 2.05) is 21.0 Å². The molecule has 0 aliphatic heterocycles. The number of nitrogens with two attached hydrogens (primary N) is 1. The van der Waals surface area contributed by atoms with E-state index in [4.69, 9.17) is 5.73 Å². The van der Waals surface area contributed by atoms with Crippen LogP contribution in [-0.2, 0) is 0 Å². The fourth-order valence-electron chi connectivity index (χ4n) is 1.45. The van der Waals surface area contributed by atoms with Crippen molar-refractivity contribution in [2.75, 3.05) is 30.9 Å². The number of rotatable bonds is 5. The third-order valence-corrected chi connectivity index (χ3v) is 2.42. The van der Waals surface area contributed by atoms with Crippen molar-refractivity contribution in [1.82, 2.24) is 24.7 Å². The smallest absolute Gasteiger partial charge is 0.257 e. The second-order valence-electron chi connectivity index (χ2n) is 4.22. The Morgan fingerprint density at radius 1 is 1.40 bits per heavy atom. The first-order valence-corrected chi connectivity index (χ1v) is 6.03. The Kier molecular flexibility index (Phi) is 3.78. The average molecular weight is 276 g/mol. The Balaban J connectivity index is 2.45. The number of primary amides is 1. The molecular formula is C11H16N8O. The van der Waals surface area contributed by atoms with Crippen LogP contribution in [0.4, 0.5) is 11.9 Å². The summed E-state index contributed by atoms with van der Waals surface area (Å²) < 4.78 is 1.38. The SMILES string of the molecule is CCNc1nc(N(C)C)nc(-n2cc(C(N)=O)cn2)n1. The predicted octanol–water partition coefficient (Wildman–Crippen LogP) is -0.346. The molecule has 0 saturated heterocycles. The van der Waals surface area contributed by atoms with Crippen LogP contribution in [0.5, 0.6) is 0 Å². The maximum Gasteiger partial charge on any atom is 0.257 e. The maximum absolute atomic E-state index is 11.1. The van der Waals surface area contributed by atoms with Crippen LogP contribution < -0.4 is 16.0 Å². The topological polar surface area (TPSA) is 115 Å².